The quantitative estimate of drug-likeness (QED) is 0.892. The van der Waals surface area contributed by atoms with Crippen LogP contribution in [0.5, 0.6) is 0 Å². The number of halogens is 1. The van der Waals surface area contributed by atoms with Gasteiger partial charge in [-0.15, -0.1) is 0 Å². The van der Waals surface area contributed by atoms with E-state index in [1.165, 1.54) is 31.4 Å². The van der Waals surface area contributed by atoms with Crippen LogP contribution >= 0.6 is 0 Å². The number of hydrogen-bond acceptors (Lipinski definition) is 2. The molecule has 1 N–H and O–H groups in total. The highest BCUT2D eigenvalue weighted by molar-refractivity contribution is 5.21. The summed E-state index contributed by atoms with van der Waals surface area (Å²) in [7, 11) is 0. The largest absolute Gasteiger partial charge is 0.386 e. The molecule has 100 valence electrons. The lowest BCUT2D eigenvalue weighted by Gasteiger charge is -2.44. The van der Waals surface area contributed by atoms with Crippen molar-refractivity contribution in [2.45, 2.75) is 44.8 Å². The second-order valence-electron chi connectivity index (χ2n) is 5.66. The van der Waals surface area contributed by atoms with E-state index in [1.54, 1.807) is 12.1 Å². The van der Waals surface area contributed by atoms with Crippen LogP contribution in [0.4, 0.5) is 4.39 Å². The Hall–Kier alpha value is -0.930. The van der Waals surface area contributed by atoms with Crippen molar-refractivity contribution in [1.82, 2.24) is 4.90 Å². The number of nitrogens with zero attached hydrogens (tertiary/aromatic N) is 1. The smallest absolute Gasteiger partial charge is 0.123 e. The van der Waals surface area contributed by atoms with Crippen molar-refractivity contribution in [1.29, 1.82) is 0 Å². The van der Waals surface area contributed by atoms with E-state index in [0.717, 1.165) is 18.7 Å². The van der Waals surface area contributed by atoms with Crippen LogP contribution in [0.15, 0.2) is 24.3 Å². The van der Waals surface area contributed by atoms with Gasteiger partial charge in [0.2, 0.25) is 0 Å². The number of rotatable bonds is 3. The summed E-state index contributed by atoms with van der Waals surface area (Å²) in [5, 5.41) is 10.5. The van der Waals surface area contributed by atoms with Crippen LogP contribution in [-0.2, 0) is 0 Å². The van der Waals surface area contributed by atoms with Crippen LogP contribution in [0.3, 0.4) is 0 Å². The van der Waals surface area contributed by atoms with Gasteiger partial charge < -0.3 is 5.11 Å². The number of benzene rings is 1. The fourth-order valence-corrected chi connectivity index (χ4v) is 2.70. The van der Waals surface area contributed by atoms with Crippen LogP contribution in [0.1, 0.15) is 44.8 Å². The Morgan fingerprint density at radius 3 is 2.22 bits per heavy atom. The summed E-state index contributed by atoms with van der Waals surface area (Å²) in [5.74, 6) is -0.262. The second kappa shape index (κ2) is 5.37. The molecule has 1 aliphatic heterocycles. The summed E-state index contributed by atoms with van der Waals surface area (Å²) in [4.78, 5) is 2.34. The van der Waals surface area contributed by atoms with Gasteiger partial charge in [-0.1, -0.05) is 18.6 Å². The molecule has 1 aliphatic rings. The summed E-state index contributed by atoms with van der Waals surface area (Å²) in [6.07, 6.45) is 3.08. The van der Waals surface area contributed by atoms with Crippen molar-refractivity contribution in [3.8, 4) is 0 Å². The first-order valence-electron chi connectivity index (χ1n) is 6.70. The summed E-state index contributed by atoms with van der Waals surface area (Å²) < 4.78 is 12.9. The van der Waals surface area contributed by atoms with Crippen molar-refractivity contribution < 1.29 is 9.50 Å². The van der Waals surface area contributed by atoms with Crippen molar-refractivity contribution in [2.24, 2.45) is 0 Å². The molecule has 0 amide bonds. The third-order valence-corrected chi connectivity index (χ3v) is 4.03. The van der Waals surface area contributed by atoms with Crippen LogP contribution in [0.2, 0.25) is 0 Å². The fourth-order valence-electron chi connectivity index (χ4n) is 2.70. The number of likely N-dealkylation sites (tertiary alicyclic amines) is 1. The molecule has 3 heteroatoms. The minimum Gasteiger partial charge on any atom is -0.386 e. The fraction of sp³-hybridized carbons (Fsp3) is 0.600. The van der Waals surface area contributed by atoms with Gasteiger partial charge in [-0.2, -0.15) is 0 Å². The maximum atomic E-state index is 12.9. The van der Waals surface area contributed by atoms with Gasteiger partial charge in [-0.3, -0.25) is 4.90 Å². The molecule has 0 saturated carbocycles. The third kappa shape index (κ3) is 2.73. The molecule has 1 heterocycles. The van der Waals surface area contributed by atoms with Crippen molar-refractivity contribution >= 4 is 0 Å². The molecule has 1 unspecified atom stereocenters. The maximum Gasteiger partial charge on any atom is 0.123 e. The minimum absolute atomic E-state index is 0.262. The van der Waals surface area contributed by atoms with Gasteiger partial charge in [0.1, 0.15) is 5.82 Å². The van der Waals surface area contributed by atoms with Crippen LogP contribution < -0.4 is 0 Å². The van der Waals surface area contributed by atoms with E-state index in [0.29, 0.717) is 0 Å². The van der Waals surface area contributed by atoms with E-state index < -0.39 is 6.10 Å². The number of aliphatic hydroxyl groups excluding tert-OH is 1. The lowest BCUT2D eigenvalue weighted by atomic mass is 9.88. The molecular formula is C15H22FNO. The molecule has 1 saturated heterocycles. The molecule has 2 rings (SSSR count). The molecule has 2 nitrogen and oxygen atoms in total. The zero-order chi connectivity index (χ0) is 13.2. The molecule has 1 fully saturated rings. The van der Waals surface area contributed by atoms with Crippen LogP contribution in [0.25, 0.3) is 0 Å². The van der Waals surface area contributed by atoms with Crippen molar-refractivity contribution in [2.75, 3.05) is 13.1 Å². The van der Waals surface area contributed by atoms with E-state index in [2.05, 4.69) is 18.7 Å². The van der Waals surface area contributed by atoms with Gasteiger partial charge in [0.05, 0.1) is 6.10 Å². The highest BCUT2D eigenvalue weighted by Crippen LogP contribution is 2.32. The van der Waals surface area contributed by atoms with E-state index in [4.69, 9.17) is 0 Å². The Morgan fingerprint density at radius 2 is 1.67 bits per heavy atom. The van der Waals surface area contributed by atoms with Crippen LogP contribution in [0, 0.1) is 5.82 Å². The van der Waals surface area contributed by atoms with Gasteiger partial charge in [-0.25, -0.2) is 4.39 Å². The average Bonchev–Trinajstić information content (AvgIpc) is 2.40. The lowest BCUT2D eigenvalue weighted by Crippen LogP contribution is -2.50. The second-order valence-corrected chi connectivity index (χ2v) is 5.66. The zero-order valence-electron chi connectivity index (χ0n) is 11.2. The maximum absolute atomic E-state index is 12.9. The van der Waals surface area contributed by atoms with Gasteiger partial charge >= 0.3 is 0 Å². The average molecular weight is 251 g/mol. The summed E-state index contributed by atoms with van der Waals surface area (Å²) in [6, 6.07) is 6.16. The molecule has 1 aromatic carbocycles. The van der Waals surface area contributed by atoms with Gasteiger partial charge in [-0.05, 0) is 57.5 Å². The first-order chi connectivity index (χ1) is 8.51. The highest BCUT2D eigenvalue weighted by Gasteiger charge is 2.35. The van der Waals surface area contributed by atoms with Gasteiger partial charge in [0, 0.05) is 5.54 Å². The SMILES string of the molecule is CC(C)(C(O)c1ccc(F)cc1)N1CCCCC1. The topological polar surface area (TPSA) is 23.5 Å². The minimum atomic E-state index is -0.587. The Labute approximate surface area is 108 Å². The molecule has 0 aromatic heterocycles. The first kappa shape index (κ1) is 13.5. The van der Waals surface area contributed by atoms with Crippen molar-refractivity contribution in [3.63, 3.8) is 0 Å². The number of piperidine rings is 1. The molecule has 1 atom stereocenters. The molecule has 0 aliphatic carbocycles. The predicted molar refractivity (Wildman–Crippen MR) is 70.9 cm³/mol. The summed E-state index contributed by atoms with van der Waals surface area (Å²) in [6.45, 7) is 6.19. The molecule has 1 aromatic rings. The normalized spacial score (nSPS) is 19.8. The Balaban J connectivity index is 2.14. The molecule has 0 spiro atoms. The molecular weight excluding hydrogens is 229 g/mol. The lowest BCUT2D eigenvalue weighted by molar-refractivity contribution is -0.0209. The standard InChI is InChI=1S/C15H22FNO/c1-15(2,17-10-4-3-5-11-17)14(18)12-6-8-13(16)9-7-12/h6-9,14,18H,3-5,10-11H2,1-2H3. The van der Waals surface area contributed by atoms with Crippen LogP contribution in [-0.4, -0.2) is 28.6 Å². The molecule has 18 heavy (non-hydrogen) atoms. The van der Waals surface area contributed by atoms with Gasteiger partial charge in [0.15, 0.2) is 0 Å². The third-order valence-electron chi connectivity index (χ3n) is 4.03. The monoisotopic (exact) mass is 251 g/mol. The van der Waals surface area contributed by atoms with E-state index in [1.807, 2.05) is 0 Å². The van der Waals surface area contributed by atoms with Crippen molar-refractivity contribution in [3.05, 3.63) is 35.6 Å². The Morgan fingerprint density at radius 1 is 1.11 bits per heavy atom. The number of hydrogen-bond donors (Lipinski definition) is 1. The Kier molecular flexibility index (Phi) is 4.03. The zero-order valence-corrected chi connectivity index (χ0v) is 11.2. The number of aliphatic hydroxyl groups is 1. The van der Waals surface area contributed by atoms with E-state index >= 15 is 0 Å². The molecule has 0 radical (unpaired) electrons. The highest BCUT2D eigenvalue weighted by atomic mass is 19.1. The summed E-state index contributed by atoms with van der Waals surface area (Å²) in [5.41, 5.74) is 0.477. The van der Waals surface area contributed by atoms with Gasteiger partial charge in [0.25, 0.3) is 0 Å². The van der Waals surface area contributed by atoms with E-state index in [9.17, 15) is 9.50 Å². The first-order valence-corrected chi connectivity index (χ1v) is 6.70. The predicted octanol–water partition coefficient (Wildman–Crippen LogP) is 3.12. The Bertz CT molecular complexity index is 382. The summed E-state index contributed by atoms with van der Waals surface area (Å²) >= 11 is 0. The van der Waals surface area contributed by atoms with E-state index in [-0.39, 0.29) is 11.4 Å². The molecule has 0 bridgehead atoms.